The molecule has 1 nitrogen and oxygen atoms in total. The van der Waals surface area contributed by atoms with Crippen molar-refractivity contribution in [2.24, 2.45) is 5.92 Å². The minimum absolute atomic E-state index is 0.206. The Morgan fingerprint density at radius 2 is 1.64 bits per heavy atom. The molecular formula is C21H27N. The molecule has 0 saturated carbocycles. The van der Waals surface area contributed by atoms with E-state index in [1.54, 1.807) is 0 Å². The van der Waals surface area contributed by atoms with Gasteiger partial charge in [-0.15, -0.1) is 0 Å². The number of benzene rings is 1. The summed E-state index contributed by atoms with van der Waals surface area (Å²) < 4.78 is 0. The van der Waals surface area contributed by atoms with Gasteiger partial charge < -0.3 is 4.90 Å². The van der Waals surface area contributed by atoms with Crippen LogP contribution in [0.15, 0.2) is 59.3 Å². The average Bonchev–Trinajstić information content (AvgIpc) is 2.94. The van der Waals surface area contributed by atoms with Crippen molar-refractivity contribution in [3.05, 3.63) is 64.9 Å². The zero-order chi connectivity index (χ0) is 16.1. The number of anilines is 1. The van der Waals surface area contributed by atoms with Crippen LogP contribution in [0.4, 0.5) is 5.69 Å². The largest absolute Gasteiger partial charge is 0.334 e. The van der Waals surface area contributed by atoms with Crippen molar-refractivity contribution in [3.8, 4) is 0 Å². The van der Waals surface area contributed by atoms with Gasteiger partial charge in [-0.1, -0.05) is 52.8 Å². The molecular weight excluding hydrogens is 266 g/mol. The Labute approximate surface area is 135 Å². The summed E-state index contributed by atoms with van der Waals surface area (Å²) in [5.74, 6) is 0.583. The molecule has 0 bridgehead atoms. The third kappa shape index (κ3) is 2.54. The number of nitrogens with zero attached hydrogens (tertiary/aromatic N) is 1. The summed E-state index contributed by atoms with van der Waals surface area (Å²) in [7, 11) is 0. The third-order valence-corrected chi connectivity index (χ3v) is 4.69. The minimum atomic E-state index is 0.206. The lowest BCUT2D eigenvalue weighted by Crippen LogP contribution is -2.26. The highest BCUT2D eigenvalue weighted by Gasteiger charge is 2.30. The van der Waals surface area contributed by atoms with Gasteiger partial charge >= 0.3 is 0 Å². The van der Waals surface area contributed by atoms with Crippen LogP contribution < -0.4 is 4.90 Å². The van der Waals surface area contributed by atoms with E-state index in [4.69, 9.17) is 0 Å². The Morgan fingerprint density at radius 1 is 1.00 bits per heavy atom. The lowest BCUT2D eigenvalue weighted by Gasteiger charge is -2.27. The zero-order valence-electron chi connectivity index (χ0n) is 14.6. The molecule has 1 aliphatic heterocycles. The fourth-order valence-corrected chi connectivity index (χ4v) is 3.26. The Balaban J connectivity index is 1.92. The second-order valence-corrected chi connectivity index (χ2v) is 7.86. The minimum Gasteiger partial charge on any atom is -0.334 e. The molecule has 1 aromatic carbocycles. The summed E-state index contributed by atoms with van der Waals surface area (Å²) in [6.45, 7) is 13.6. The van der Waals surface area contributed by atoms with Gasteiger partial charge in [0.15, 0.2) is 0 Å². The first kappa shape index (κ1) is 15.1. The van der Waals surface area contributed by atoms with E-state index in [2.05, 4.69) is 88.9 Å². The summed E-state index contributed by atoms with van der Waals surface area (Å²) in [5, 5.41) is 0. The van der Waals surface area contributed by atoms with Gasteiger partial charge in [-0.05, 0) is 59.3 Å². The maximum atomic E-state index is 2.45. The number of fused-ring (bicyclic) bond motifs is 1. The van der Waals surface area contributed by atoms with Gasteiger partial charge in [0.2, 0.25) is 0 Å². The first-order valence-corrected chi connectivity index (χ1v) is 8.32. The van der Waals surface area contributed by atoms with Crippen LogP contribution in [0.25, 0.3) is 0 Å². The van der Waals surface area contributed by atoms with Crippen LogP contribution in [0.3, 0.4) is 0 Å². The topological polar surface area (TPSA) is 3.24 Å². The number of allylic oxidation sites excluding steroid dienone is 3. The fraction of sp³-hybridized carbons (Fsp3) is 0.429. The monoisotopic (exact) mass is 293 g/mol. The first-order valence-electron chi connectivity index (χ1n) is 8.32. The molecule has 1 aromatic rings. The van der Waals surface area contributed by atoms with Gasteiger partial charge in [0.25, 0.3) is 0 Å². The van der Waals surface area contributed by atoms with Crippen LogP contribution in [0, 0.1) is 5.92 Å². The molecule has 1 atom stereocenters. The molecule has 1 aliphatic carbocycles. The fourth-order valence-electron chi connectivity index (χ4n) is 3.26. The van der Waals surface area contributed by atoms with Gasteiger partial charge in [-0.25, -0.2) is 0 Å². The van der Waals surface area contributed by atoms with Crippen molar-refractivity contribution in [2.45, 2.75) is 53.0 Å². The summed E-state index contributed by atoms with van der Waals surface area (Å²) in [6, 6.07) is 9.50. The van der Waals surface area contributed by atoms with Crippen molar-refractivity contribution >= 4 is 5.69 Å². The Morgan fingerprint density at radius 3 is 2.18 bits per heavy atom. The van der Waals surface area contributed by atoms with Crippen molar-refractivity contribution in [3.63, 3.8) is 0 Å². The van der Waals surface area contributed by atoms with Crippen LogP contribution in [0.1, 0.15) is 47.1 Å². The Kier molecular flexibility index (Phi) is 3.55. The first-order chi connectivity index (χ1) is 10.3. The summed E-state index contributed by atoms with van der Waals surface area (Å²) in [4.78, 5) is 2.45. The smallest absolute Gasteiger partial charge is 0.0503 e. The molecule has 1 heteroatoms. The SMILES string of the molecule is CC(C)C1=CC2=CC(C)N(c3ccc(C(C)(C)C)cc3)C2=C1. The number of rotatable bonds is 2. The molecule has 0 amide bonds. The Bertz CT molecular complexity index is 663. The van der Waals surface area contributed by atoms with E-state index in [0.717, 1.165) is 0 Å². The van der Waals surface area contributed by atoms with Crippen molar-refractivity contribution < 1.29 is 0 Å². The number of hydrogen-bond donors (Lipinski definition) is 0. The molecule has 3 rings (SSSR count). The van der Waals surface area contributed by atoms with E-state index in [1.807, 2.05) is 0 Å². The molecule has 0 radical (unpaired) electrons. The molecule has 22 heavy (non-hydrogen) atoms. The van der Waals surface area contributed by atoms with Crippen LogP contribution in [0.5, 0.6) is 0 Å². The highest BCUT2D eigenvalue weighted by molar-refractivity contribution is 5.70. The maximum Gasteiger partial charge on any atom is 0.0503 e. The Hall–Kier alpha value is -1.76. The average molecular weight is 293 g/mol. The molecule has 1 unspecified atom stereocenters. The van der Waals surface area contributed by atoms with E-state index >= 15 is 0 Å². The standard InChI is InChI=1S/C21H27N/c1-14(2)16-12-17-11-15(3)22(20(17)13-16)19-9-7-18(8-10-19)21(4,5)6/h7-15H,1-6H3. The van der Waals surface area contributed by atoms with Gasteiger partial charge in [0, 0.05) is 11.4 Å². The summed E-state index contributed by atoms with van der Waals surface area (Å²) in [6.07, 6.45) is 7.08. The second-order valence-electron chi connectivity index (χ2n) is 7.86. The highest BCUT2D eigenvalue weighted by atomic mass is 15.2. The second kappa shape index (κ2) is 5.15. The van der Waals surface area contributed by atoms with E-state index < -0.39 is 0 Å². The van der Waals surface area contributed by atoms with E-state index in [9.17, 15) is 0 Å². The van der Waals surface area contributed by atoms with Gasteiger partial charge in [-0.3, -0.25) is 0 Å². The lowest BCUT2D eigenvalue weighted by atomic mass is 9.87. The molecule has 0 spiro atoms. The highest BCUT2D eigenvalue weighted by Crippen LogP contribution is 2.40. The van der Waals surface area contributed by atoms with E-state index in [-0.39, 0.29) is 5.41 Å². The summed E-state index contributed by atoms with van der Waals surface area (Å²) in [5.41, 5.74) is 7.06. The quantitative estimate of drug-likeness (QED) is 0.686. The van der Waals surface area contributed by atoms with E-state index in [1.165, 1.54) is 28.1 Å². The summed E-state index contributed by atoms with van der Waals surface area (Å²) >= 11 is 0. The normalized spacial score (nSPS) is 21.0. The van der Waals surface area contributed by atoms with Crippen molar-refractivity contribution in [1.29, 1.82) is 0 Å². The van der Waals surface area contributed by atoms with Gasteiger partial charge in [0.05, 0.1) is 6.04 Å². The predicted molar refractivity (Wildman–Crippen MR) is 96.2 cm³/mol. The molecule has 116 valence electrons. The molecule has 0 saturated heterocycles. The van der Waals surface area contributed by atoms with Crippen LogP contribution in [-0.4, -0.2) is 6.04 Å². The molecule has 0 fully saturated rings. The molecule has 2 aliphatic rings. The molecule has 0 N–H and O–H groups in total. The van der Waals surface area contributed by atoms with Crippen LogP contribution in [0.2, 0.25) is 0 Å². The van der Waals surface area contributed by atoms with Gasteiger partial charge in [0.1, 0.15) is 0 Å². The van der Waals surface area contributed by atoms with Crippen molar-refractivity contribution in [1.82, 2.24) is 0 Å². The maximum absolute atomic E-state index is 2.45. The zero-order valence-corrected chi connectivity index (χ0v) is 14.6. The van der Waals surface area contributed by atoms with E-state index in [0.29, 0.717) is 12.0 Å². The lowest BCUT2D eigenvalue weighted by molar-refractivity contribution is 0.590. The van der Waals surface area contributed by atoms with Crippen molar-refractivity contribution in [2.75, 3.05) is 4.90 Å². The molecule has 1 heterocycles. The van der Waals surface area contributed by atoms with Crippen LogP contribution >= 0.6 is 0 Å². The molecule has 0 aromatic heterocycles. The predicted octanol–water partition coefficient (Wildman–Crippen LogP) is 5.60. The number of hydrogen-bond acceptors (Lipinski definition) is 1. The van der Waals surface area contributed by atoms with Gasteiger partial charge in [-0.2, -0.15) is 0 Å². The van der Waals surface area contributed by atoms with Crippen LogP contribution in [-0.2, 0) is 5.41 Å². The third-order valence-electron chi connectivity index (χ3n) is 4.69.